The van der Waals surface area contributed by atoms with E-state index in [9.17, 15) is 9.59 Å². The number of rotatable bonds is 8. The topological polar surface area (TPSA) is 88.9 Å². The molecular weight excluding hydrogens is 338 g/mol. The molecule has 0 aliphatic rings. The van der Waals surface area contributed by atoms with Crippen LogP contribution in [-0.4, -0.2) is 39.0 Å². The summed E-state index contributed by atoms with van der Waals surface area (Å²) < 4.78 is 1.99. The lowest BCUT2D eigenvalue weighted by molar-refractivity contribution is -0.117. The number of hydrogen-bond donors (Lipinski definition) is 2. The van der Waals surface area contributed by atoms with Gasteiger partial charge in [-0.25, -0.2) is 4.79 Å². The van der Waals surface area contributed by atoms with E-state index in [0.717, 1.165) is 24.4 Å². The summed E-state index contributed by atoms with van der Waals surface area (Å²) in [5.41, 5.74) is 1.16. The molecule has 2 rings (SSSR count). The molecule has 0 aliphatic carbocycles. The first-order valence-corrected chi connectivity index (χ1v) is 9.29. The molecule has 0 saturated carbocycles. The molecule has 0 fully saturated rings. The molecule has 3 amide bonds. The summed E-state index contributed by atoms with van der Waals surface area (Å²) in [4.78, 5) is 23.3. The molecule has 1 aromatic heterocycles. The lowest BCUT2D eigenvalue weighted by Crippen LogP contribution is -2.40. The van der Waals surface area contributed by atoms with E-state index in [1.165, 1.54) is 11.8 Å². The molecule has 0 aliphatic heterocycles. The molecule has 1 aromatic carbocycles. The van der Waals surface area contributed by atoms with E-state index >= 15 is 0 Å². The van der Waals surface area contributed by atoms with Crippen LogP contribution in [0.5, 0.6) is 0 Å². The highest BCUT2D eigenvalue weighted by atomic mass is 32.2. The average molecular weight is 361 g/mol. The minimum Gasteiger partial charge on any atom is -0.338 e. The SMILES string of the molecule is CCCNC(=O)NC(=O)CSc1nnc(Cc2ccccc2)n1CC. The molecule has 0 unspecified atom stereocenters. The van der Waals surface area contributed by atoms with Gasteiger partial charge < -0.3 is 9.88 Å². The zero-order valence-electron chi connectivity index (χ0n) is 14.5. The Morgan fingerprint density at radius 1 is 1.16 bits per heavy atom. The van der Waals surface area contributed by atoms with Crippen LogP contribution in [0.1, 0.15) is 31.7 Å². The summed E-state index contributed by atoms with van der Waals surface area (Å²) in [7, 11) is 0. The molecule has 2 aromatic rings. The minimum absolute atomic E-state index is 0.114. The van der Waals surface area contributed by atoms with Gasteiger partial charge in [0.2, 0.25) is 5.91 Å². The Labute approximate surface area is 151 Å². The van der Waals surface area contributed by atoms with Crippen LogP contribution < -0.4 is 10.6 Å². The van der Waals surface area contributed by atoms with E-state index in [1.807, 2.05) is 48.7 Å². The molecule has 25 heavy (non-hydrogen) atoms. The second-order valence-electron chi connectivity index (χ2n) is 5.40. The number of imide groups is 1. The van der Waals surface area contributed by atoms with Crippen LogP contribution in [0.2, 0.25) is 0 Å². The quantitative estimate of drug-likeness (QED) is 0.704. The highest BCUT2D eigenvalue weighted by Gasteiger charge is 2.14. The second kappa shape index (κ2) is 9.83. The Kier molecular flexibility index (Phi) is 7.46. The molecule has 0 saturated heterocycles. The molecule has 0 atom stereocenters. The summed E-state index contributed by atoms with van der Waals surface area (Å²) >= 11 is 1.27. The second-order valence-corrected chi connectivity index (χ2v) is 6.34. The fourth-order valence-corrected chi connectivity index (χ4v) is 3.05. The fourth-order valence-electron chi connectivity index (χ4n) is 2.23. The van der Waals surface area contributed by atoms with E-state index in [-0.39, 0.29) is 11.7 Å². The van der Waals surface area contributed by atoms with Crippen LogP contribution in [0.4, 0.5) is 4.79 Å². The van der Waals surface area contributed by atoms with Gasteiger partial charge in [0.05, 0.1) is 5.75 Å². The summed E-state index contributed by atoms with van der Waals surface area (Å²) in [5.74, 6) is 0.620. The van der Waals surface area contributed by atoms with Crippen LogP contribution in [0, 0.1) is 0 Å². The highest BCUT2D eigenvalue weighted by molar-refractivity contribution is 7.99. The van der Waals surface area contributed by atoms with Gasteiger partial charge in [-0.1, -0.05) is 49.0 Å². The maximum atomic E-state index is 11.8. The monoisotopic (exact) mass is 361 g/mol. The van der Waals surface area contributed by atoms with Crippen LogP contribution in [0.25, 0.3) is 0 Å². The lowest BCUT2D eigenvalue weighted by atomic mass is 10.1. The van der Waals surface area contributed by atoms with Gasteiger partial charge in [0.1, 0.15) is 5.82 Å². The van der Waals surface area contributed by atoms with Crippen LogP contribution in [0.3, 0.4) is 0 Å². The van der Waals surface area contributed by atoms with Crippen LogP contribution in [0.15, 0.2) is 35.5 Å². The average Bonchev–Trinajstić information content (AvgIpc) is 3.00. The van der Waals surface area contributed by atoms with Crippen LogP contribution >= 0.6 is 11.8 Å². The van der Waals surface area contributed by atoms with Crippen molar-refractivity contribution in [2.75, 3.05) is 12.3 Å². The Morgan fingerprint density at radius 3 is 2.60 bits per heavy atom. The Hall–Kier alpha value is -2.35. The smallest absolute Gasteiger partial charge is 0.321 e. The van der Waals surface area contributed by atoms with E-state index in [0.29, 0.717) is 18.1 Å². The van der Waals surface area contributed by atoms with Crippen molar-refractivity contribution in [1.82, 2.24) is 25.4 Å². The zero-order chi connectivity index (χ0) is 18.1. The van der Waals surface area contributed by atoms with Crippen LogP contribution in [-0.2, 0) is 17.8 Å². The predicted octanol–water partition coefficient (Wildman–Crippen LogP) is 2.22. The molecule has 8 heteroatoms. The van der Waals surface area contributed by atoms with Gasteiger partial charge in [-0.3, -0.25) is 10.1 Å². The van der Waals surface area contributed by atoms with Crippen molar-refractivity contribution in [3.8, 4) is 0 Å². The normalized spacial score (nSPS) is 10.5. The Balaban J connectivity index is 1.92. The first-order valence-electron chi connectivity index (χ1n) is 8.30. The van der Waals surface area contributed by atoms with Gasteiger partial charge in [0, 0.05) is 19.5 Å². The van der Waals surface area contributed by atoms with Crippen molar-refractivity contribution < 1.29 is 9.59 Å². The third-order valence-corrected chi connectivity index (χ3v) is 4.40. The van der Waals surface area contributed by atoms with Gasteiger partial charge in [-0.2, -0.15) is 0 Å². The fraction of sp³-hybridized carbons (Fsp3) is 0.412. The summed E-state index contributed by atoms with van der Waals surface area (Å²) in [5, 5.41) is 14.0. The number of nitrogens with zero attached hydrogens (tertiary/aromatic N) is 3. The van der Waals surface area contributed by atoms with E-state index < -0.39 is 6.03 Å². The summed E-state index contributed by atoms with van der Waals surface area (Å²) in [6, 6.07) is 9.59. The zero-order valence-corrected chi connectivity index (χ0v) is 15.3. The van der Waals surface area contributed by atoms with Gasteiger partial charge in [-0.15, -0.1) is 10.2 Å². The van der Waals surface area contributed by atoms with E-state index in [4.69, 9.17) is 0 Å². The van der Waals surface area contributed by atoms with Crippen molar-refractivity contribution in [2.24, 2.45) is 0 Å². The number of amides is 3. The van der Waals surface area contributed by atoms with E-state index in [2.05, 4.69) is 20.8 Å². The number of hydrogen-bond acceptors (Lipinski definition) is 5. The van der Waals surface area contributed by atoms with Crippen molar-refractivity contribution in [2.45, 2.75) is 38.4 Å². The number of carbonyl (C=O) groups is 2. The first-order chi connectivity index (χ1) is 12.1. The molecule has 134 valence electrons. The molecule has 1 heterocycles. The molecule has 0 radical (unpaired) electrons. The molecular formula is C17H23N5O2S. The number of aromatic nitrogens is 3. The third-order valence-electron chi connectivity index (χ3n) is 3.44. The number of benzene rings is 1. The number of carbonyl (C=O) groups excluding carboxylic acids is 2. The first kappa shape index (κ1) is 19.0. The number of nitrogens with one attached hydrogen (secondary N) is 2. The predicted molar refractivity (Wildman–Crippen MR) is 97.5 cm³/mol. The molecule has 7 nitrogen and oxygen atoms in total. The van der Waals surface area contributed by atoms with Crippen molar-refractivity contribution in [3.05, 3.63) is 41.7 Å². The highest BCUT2D eigenvalue weighted by Crippen LogP contribution is 2.18. The van der Waals surface area contributed by atoms with E-state index in [1.54, 1.807) is 0 Å². The maximum absolute atomic E-state index is 11.8. The van der Waals surface area contributed by atoms with Gasteiger partial charge in [0.25, 0.3) is 0 Å². The standard InChI is InChI=1S/C17H23N5O2S/c1-3-10-18-16(24)19-15(23)12-25-17-21-20-14(22(17)4-2)11-13-8-6-5-7-9-13/h5-9H,3-4,10-12H2,1-2H3,(H2,18,19,23,24). The van der Waals surface area contributed by atoms with Gasteiger partial charge >= 0.3 is 6.03 Å². The van der Waals surface area contributed by atoms with Crippen molar-refractivity contribution in [1.29, 1.82) is 0 Å². The summed E-state index contributed by atoms with van der Waals surface area (Å²) in [6.07, 6.45) is 1.51. The Morgan fingerprint density at radius 2 is 1.92 bits per heavy atom. The van der Waals surface area contributed by atoms with Crippen molar-refractivity contribution in [3.63, 3.8) is 0 Å². The largest absolute Gasteiger partial charge is 0.338 e. The molecule has 2 N–H and O–H groups in total. The maximum Gasteiger partial charge on any atom is 0.321 e. The molecule has 0 bridgehead atoms. The number of thioether (sulfide) groups is 1. The minimum atomic E-state index is -0.464. The summed E-state index contributed by atoms with van der Waals surface area (Å²) in [6.45, 7) is 5.22. The lowest BCUT2D eigenvalue weighted by Gasteiger charge is -2.08. The Bertz CT molecular complexity index is 702. The van der Waals surface area contributed by atoms with Gasteiger partial charge in [-0.05, 0) is 18.9 Å². The third kappa shape index (κ3) is 5.90. The van der Waals surface area contributed by atoms with Crippen molar-refractivity contribution >= 4 is 23.7 Å². The molecule has 0 spiro atoms. The number of urea groups is 1. The van der Waals surface area contributed by atoms with Gasteiger partial charge in [0.15, 0.2) is 5.16 Å².